The third kappa shape index (κ3) is 2.51. The molecule has 2 N–H and O–H groups in total. The van der Waals surface area contributed by atoms with E-state index in [-0.39, 0.29) is 10.8 Å². The van der Waals surface area contributed by atoms with Crippen LogP contribution in [0.3, 0.4) is 0 Å². The standard InChI is InChI=1S/C13H14N2O2S/c1-7-4-5-8(2)10(6-7)15-12(16)11-9(3)14-13(17)18-11/h4-6H,1-3H3,(H,14,17)(H,15,16). The van der Waals surface area contributed by atoms with Gasteiger partial charge in [-0.15, -0.1) is 0 Å². The Labute approximate surface area is 109 Å². The van der Waals surface area contributed by atoms with Crippen molar-refractivity contribution in [3.8, 4) is 0 Å². The summed E-state index contributed by atoms with van der Waals surface area (Å²) in [6, 6.07) is 5.86. The fourth-order valence-corrected chi connectivity index (χ4v) is 2.41. The number of aromatic nitrogens is 1. The van der Waals surface area contributed by atoms with Crippen molar-refractivity contribution in [2.45, 2.75) is 20.8 Å². The summed E-state index contributed by atoms with van der Waals surface area (Å²) in [6.45, 7) is 5.62. The lowest BCUT2D eigenvalue weighted by molar-refractivity contribution is 0.102. The third-order valence-electron chi connectivity index (χ3n) is 2.67. The van der Waals surface area contributed by atoms with Gasteiger partial charge in [0.1, 0.15) is 4.88 Å². The summed E-state index contributed by atoms with van der Waals surface area (Å²) < 4.78 is 0. The maximum atomic E-state index is 12.1. The lowest BCUT2D eigenvalue weighted by atomic mass is 10.1. The molecule has 4 nitrogen and oxygen atoms in total. The Bertz CT molecular complexity index is 655. The second-order valence-corrected chi connectivity index (χ2v) is 5.22. The molecule has 1 aromatic heterocycles. The molecule has 0 radical (unpaired) electrons. The second kappa shape index (κ2) is 4.78. The number of thiazole rings is 1. The van der Waals surface area contributed by atoms with E-state index in [9.17, 15) is 9.59 Å². The first-order valence-corrected chi connectivity index (χ1v) is 6.37. The van der Waals surface area contributed by atoms with E-state index in [2.05, 4.69) is 10.3 Å². The summed E-state index contributed by atoms with van der Waals surface area (Å²) >= 11 is 0.929. The van der Waals surface area contributed by atoms with Gasteiger partial charge in [-0.1, -0.05) is 23.5 Å². The van der Waals surface area contributed by atoms with Crippen molar-refractivity contribution in [1.29, 1.82) is 0 Å². The minimum Gasteiger partial charge on any atom is -0.321 e. The monoisotopic (exact) mass is 262 g/mol. The van der Waals surface area contributed by atoms with Gasteiger partial charge in [0, 0.05) is 11.4 Å². The zero-order valence-electron chi connectivity index (χ0n) is 10.5. The topological polar surface area (TPSA) is 62.0 Å². The van der Waals surface area contributed by atoms with E-state index in [1.807, 2.05) is 32.0 Å². The fourth-order valence-electron chi connectivity index (χ4n) is 1.67. The molecule has 5 heteroatoms. The van der Waals surface area contributed by atoms with E-state index >= 15 is 0 Å². The number of rotatable bonds is 2. The quantitative estimate of drug-likeness (QED) is 0.874. The van der Waals surface area contributed by atoms with Crippen molar-refractivity contribution < 1.29 is 4.79 Å². The summed E-state index contributed by atoms with van der Waals surface area (Å²) in [5.41, 5.74) is 3.46. The van der Waals surface area contributed by atoms with Crippen LogP contribution in [-0.4, -0.2) is 10.9 Å². The smallest absolute Gasteiger partial charge is 0.305 e. The Kier molecular flexibility index (Phi) is 3.34. The predicted octanol–water partition coefficient (Wildman–Crippen LogP) is 2.61. The van der Waals surface area contributed by atoms with Gasteiger partial charge in [-0.2, -0.15) is 0 Å². The fraction of sp³-hybridized carbons (Fsp3) is 0.231. The summed E-state index contributed by atoms with van der Waals surface area (Å²) in [7, 11) is 0. The number of carbonyl (C=O) groups is 1. The first-order valence-electron chi connectivity index (χ1n) is 5.55. The summed E-state index contributed by atoms with van der Waals surface area (Å²) in [5.74, 6) is -0.246. The Balaban J connectivity index is 2.29. The summed E-state index contributed by atoms with van der Waals surface area (Å²) in [4.78, 5) is 26.0. The van der Waals surface area contributed by atoms with Gasteiger partial charge in [0.25, 0.3) is 5.91 Å². The van der Waals surface area contributed by atoms with Crippen LogP contribution in [0.2, 0.25) is 0 Å². The molecule has 0 atom stereocenters. The van der Waals surface area contributed by atoms with Crippen molar-refractivity contribution >= 4 is 22.9 Å². The highest BCUT2D eigenvalue weighted by Crippen LogP contribution is 2.18. The molecule has 1 aromatic carbocycles. The molecular weight excluding hydrogens is 248 g/mol. The van der Waals surface area contributed by atoms with E-state index < -0.39 is 0 Å². The van der Waals surface area contributed by atoms with Gasteiger partial charge in [-0.05, 0) is 38.0 Å². The van der Waals surface area contributed by atoms with Crippen molar-refractivity contribution in [2.24, 2.45) is 0 Å². The number of hydrogen-bond donors (Lipinski definition) is 2. The molecule has 0 saturated heterocycles. The minimum absolute atomic E-state index is 0.210. The molecule has 0 aliphatic carbocycles. The molecule has 2 rings (SSSR count). The van der Waals surface area contributed by atoms with Gasteiger partial charge in [-0.25, -0.2) is 0 Å². The van der Waals surface area contributed by atoms with Crippen LogP contribution in [0.15, 0.2) is 23.0 Å². The lowest BCUT2D eigenvalue weighted by Crippen LogP contribution is -2.12. The number of H-pyrrole nitrogens is 1. The molecule has 2 aromatic rings. The average molecular weight is 262 g/mol. The number of aromatic amines is 1. The molecule has 0 fully saturated rings. The highest BCUT2D eigenvalue weighted by atomic mass is 32.1. The van der Waals surface area contributed by atoms with Crippen LogP contribution in [-0.2, 0) is 0 Å². The molecule has 0 spiro atoms. The van der Waals surface area contributed by atoms with Crippen molar-refractivity contribution in [1.82, 2.24) is 4.98 Å². The lowest BCUT2D eigenvalue weighted by Gasteiger charge is -2.08. The Morgan fingerprint density at radius 2 is 2.00 bits per heavy atom. The van der Waals surface area contributed by atoms with Crippen LogP contribution in [0, 0.1) is 20.8 Å². The van der Waals surface area contributed by atoms with Gasteiger partial charge in [-0.3, -0.25) is 9.59 Å². The highest BCUT2D eigenvalue weighted by Gasteiger charge is 2.14. The molecule has 0 unspecified atom stereocenters. The zero-order valence-corrected chi connectivity index (χ0v) is 11.3. The molecule has 0 bridgehead atoms. The normalized spacial score (nSPS) is 10.4. The van der Waals surface area contributed by atoms with Crippen LogP contribution in [0.4, 0.5) is 5.69 Å². The molecular formula is C13H14N2O2S. The highest BCUT2D eigenvalue weighted by molar-refractivity contribution is 7.11. The number of carbonyl (C=O) groups excluding carboxylic acids is 1. The number of aryl methyl sites for hydroxylation is 3. The van der Waals surface area contributed by atoms with E-state index in [4.69, 9.17) is 0 Å². The van der Waals surface area contributed by atoms with Gasteiger partial charge in [0.2, 0.25) is 0 Å². The van der Waals surface area contributed by atoms with E-state index in [1.54, 1.807) is 6.92 Å². The predicted molar refractivity (Wildman–Crippen MR) is 73.5 cm³/mol. The van der Waals surface area contributed by atoms with Crippen LogP contribution in [0.5, 0.6) is 0 Å². The van der Waals surface area contributed by atoms with Crippen molar-refractivity contribution in [3.63, 3.8) is 0 Å². The maximum Gasteiger partial charge on any atom is 0.305 e. The second-order valence-electron chi connectivity index (χ2n) is 4.24. The van der Waals surface area contributed by atoms with Gasteiger partial charge < -0.3 is 10.3 Å². The Morgan fingerprint density at radius 3 is 2.61 bits per heavy atom. The van der Waals surface area contributed by atoms with Crippen LogP contribution in [0.1, 0.15) is 26.5 Å². The van der Waals surface area contributed by atoms with E-state index in [1.165, 1.54) is 0 Å². The van der Waals surface area contributed by atoms with Gasteiger partial charge >= 0.3 is 4.87 Å². The van der Waals surface area contributed by atoms with Gasteiger partial charge in [0.15, 0.2) is 0 Å². The molecule has 1 heterocycles. The average Bonchev–Trinajstić information content (AvgIpc) is 2.63. The van der Waals surface area contributed by atoms with E-state index in [0.29, 0.717) is 10.6 Å². The molecule has 94 valence electrons. The van der Waals surface area contributed by atoms with Crippen LogP contribution >= 0.6 is 11.3 Å². The van der Waals surface area contributed by atoms with Crippen molar-refractivity contribution in [2.75, 3.05) is 5.32 Å². The maximum absolute atomic E-state index is 12.1. The number of hydrogen-bond acceptors (Lipinski definition) is 3. The zero-order chi connectivity index (χ0) is 13.3. The Morgan fingerprint density at radius 1 is 1.28 bits per heavy atom. The molecule has 0 aliphatic rings. The van der Waals surface area contributed by atoms with Crippen LogP contribution < -0.4 is 10.2 Å². The number of benzene rings is 1. The van der Waals surface area contributed by atoms with E-state index in [0.717, 1.165) is 28.2 Å². The third-order valence-corrected chi connectivity index (χ3v) is 3.66. The summed E-state index contributed by atoms with van der Waals surface area (Å²) in [5, 5.41) is 2.83. The number of nitrogens with one attached hydrogen (secondary N) is 2. The van der Waals surface area contributed by atoms with Crippen LogP contribution in [0.25, 0.3) is 0 Å². The summed E-state index contributed by atoms with van der Waals surface area (Å²) in [6.07, 6.45) is 0. The molecule has 0 aliphatic heterocycles. The first kappa shape index (κ1) is 12.6. The molecule has 18 heavy (non-hydrogen) atoms. The SMILES string of the molecule is Cc1ccc(C)c(NC(=O)c2sc(=O)[nH]c2C)c1. The van der Waals surface area contributed by atoms with Gasteiger partial charge in [0.05, 0.1) is 0 Å². The van der Waals surface area contributed by atoms with Crippen molar-refractivity contribution in [3.05, 3.63) is 49.6 Å². The molecule has 1 amide bonds. The first-order chi connectivity index (χ1) is 8.47. The number of anilines is 1. The minimum atomic E-state index is -0.246. The largest absolute Gasteiger partial charge is 0.321 e. The molecule has 0 saturated carbocycles. The number of amides is 1. The Hall–Kier alpha value is -1.88.